The lowest BCUT2D eigenvalue weighted by molar-refractivity contribution is -0.146. The van der Waals surface area contributed by atoms with Crippen LogP contribution in [0.5, 0.6) is 11.5 Å². The predicted octanol–water partition coefficient (Wildman–Crippen LogP) is 3.22. The van der Waals surface area contributed by atoms with Crippen molar-refractivity contribution in [3.63, 3.8) is 0 Å². The summed E-state index contributed by atoms with van der Waals surface area (Å²) in [6.45, 7) is 7.06. The van der Waals surface area contributed by atoms with Crippen LogP contribution in [-0.2, 0) is 9.59 Å². The molecule has 2 bridgehead atoms. The second-order valence-corrected chi connectivity index (χ2v) is 12.7. The van der Waals surface area contributed by atoms with Crippen LogP contribution in [-0.4, -0.2) is 78.3 Å². The first-order chi connectivity index (χ1) is 19.7. The Labute approximate surface area is 242 Å². The number of benzene rings is 1. The fourth-order valence-corrected chi connectivity index (χ4v) is 7.85. The Bertz CT molecular complexity index is 1210. The smallest absolute Gasteiger partial charge is 0.247 e. The van der Waals surface area contributed by atoms with Crippen LogP contribution in [0.15, 0.2) is 23.8 Å². The molecule has 6 rings (SSSR count). The average Bonchev–Trinajstić information content (AvgIpc) is 3.37. The van der Waals surface area contributed by atoms with E-state index in [0.717, 1.165) is 31.6 Å². The van der Waals surface area contributed by atoms with Gasteiger partial charge in [0.15, 0.2) is 11.5 Å². The number of aliphatic hydroxyl groups is 2. The minimum atomic E-state index is -1.11. The molecule has 3 fully saturated rings. The molecule has 7 atom stereocenters. The number of unbranched alkanes of at least 4 members (excludes halogenated alkanes) is 1. The van der Waals surface area contributed by atoms with E-state index >= 15 is 0 Å². The van der Waals surface area contributed by atoms with Gasteiger partial charge in [-0.2, -0.15) is 0 Å². The number of methoxy groups -OCH3 is 1. The van der Waals surface area contributed by atoms with Gasteiger partial charge >= 0.3 is 0 Å². The van der Waals surface area contributed by atoms with Crippen molar-refractivity contribution in [2.75, 3.05) is 26.8 Å². The molecule has 0 aromatic heterocycles. The Hall–Kier alpha value is -2.91. The van der Waals surface area contributed by atoms with Gasteiger partial charge in [0, 0.05) is 36.2 Å². The van der Waals surface area contributed by atoms with E-state index in [1.807, 2.05) is 6.92 Å². The van der Waals surface area contributed by atoms with Crippen molar-refractivity contribution in [3.05, 3.63) is 34.9 Å². The van der Waals surface area contributed by atoms with Gasteiger partial charge < -0.3 is 29.9 Å². The Morgan fingerprint density at radius 1 is 1.27 bits per heavy atom. The number of aliphatic hydroxyl groups excluding tert-OH is 2. The maximum Gasteiger partial charge on any atom is 0.247 e. The molecule has 224 valence electrons. The normalized spacial score (nSPS) is 30.6. The SMILES string of the molecule is CCCCC(=O)N(CC1CCC2CC1C2(C)C)C1C=C(C(=O)NCCO)C2c3cc(C=O)cc(OC)c3OC2C1O. The van der Waals surface area contributed by atoms with Crippen LogP contribution in [0.4, 0.5) is 0 Å². The Balaban J connectivity index is 1.55. The van der Waals surface area contributed by atoms with Crippen molar-refractivity contribution in [1.82, 2.24) is 10.2 Å². The highest BCUT2D eigenvalue weighted by molar-refractivity contribution is 5.96. The summed E-state index contributed by atoms with van der Waals surface area (Å²) in [4.78, 5) is 40.8. The Kier molecular flexibility index (Phi) is 8.48. The molecule has 3 N–H and O–H groups in total. The number of ether oxygens (including phenoxy) is 2. The van der Waals surface area contributed by atoms with Crippen LogP contribution in [0.2, 0.25) is 0 Å². The van der Waals surface area contributed by atoms with E-state index in [1.54, 1.807) is 23.1 Å². The van der Waals surface area contributed by atoms with Crippen LogP contribution in [0, 0.1) is 23.2 Å². The van der Waals surface area contributed by atoms with E-state index in [9.17, 15) is 24.6 Å². The van der Waals surface area contributed by atoms with Gasteiger partial charge in [-0.25, -0.2) is 0 Å². The predicted molar refractivity (Wildman–Crippen MR) is 153 cm³/mol. The highest BCUT2D eigenvalue weighted by atomic mass is 16.5. The molecule has 1 aromatic rings. The van der Waals surface area contributed by atoms with Crippen LogP contribution >= 0.6 is 0 Å². The molecule has 2 amide bonds. The van der Waals surface area contributed by atoms with Crippen molar-refractivity contribution >= 4 is 18.1 Å². The van der Waals surface area contributed by atoms with Crippen LogP contribution < -0.4 is 14.8 Å². The standard InChI is InChI=1S/C32H44N2O7/c1-5-6-7-26(37)34(16-19-8-9-20-14-23(19)32(20,2)3)24-15-22(31(39)33-10-11-35)27-21-12-18(17-36)13-25(40-4)29(21)41-30(27)28(24)38/h12-13,15,17,19-20,23-24,27-28,30,35,38H,5-11,14,16H2,1-4H3,(H,33,39). The third-order valence-corrected chi connectivity index (χ3v) is 10.3. The summed E-state index contributed by atoms with van der Waals surface area (Å²) in [5.41, 5.74) is 1.54. The third-order valence-electron chi connectivity index (χ3n) is 10.3. The zero-order valence-corrected chi connectivity index (χ0v) is 24.6. The second-order valence-electron chi connectivity index (χ2n) is 12.7. The zero-order chi connectivity index (χ0) is 29.5. The van der Waals surface area contributed by atoms with Gasteiger partial charge in [-0.1, -0.05) is 27.2 Å². The molecule has 1 aliphatic heterocycles. The first-order valence-electron chi connectivity index (χ1n) is 15.1. The second kappa shape index (κ2) is 11.8. The maximum absolute atomic E-state index is 13.8. The number of fused-ring (bicyclic) bond motifs is 5. The summed E-state index contributed by atoms with van der Waals surface area (Å²) in [6, 6.07) is 2.47. The monoisotopic (exact) mass is 568 g/mol. The summed E-state index contributed by atoms with van der Waals surface area (Å²) in [7, 11) is 1.48. The number of amides is 2. The zero-order valence-electron chi connectivity index (χ0n) is 24.6. The number of hydrogen-bond acceptors (Lipinski definition) is 7. The van der Waals surface area contributed by atoms with Crippen LogP contribution in [0.3, 0.4) is 0 Å². The van der Waals surface area contributed by atoms with Crippen molar-refractivity contribution in [2.45, 2.75) is 83.5 Å². The highest BCUT2D eigenvalue weighted by Crippen LogP contribution is 2.61. The molecule has 1 heterocycles. The quantitative estimate of drug-likeness (QED) is 0.350. The number of hydrogen-bond donors (Lipinski definition) is 3. The van der Waals surface area contributed by atoms with Gasteiger partial charge in [0.05, 0.1) is 25.7 Å². The van der Waals surface area contributed by atoms with Crippen molar-refractivity contribution in [1.29, 1.82) is 0 Å². The number of nitrogens with one attached hydrogen (secondary N) is 1. The largest absolute Gasteiger partial charge is 0.493 e. The first-order valence-corrected chi connectivity index (χ1v) is 15.1. The van der Waals surface area contributed by atoms with Crippen molar-refractivity contribution in [2.24, 2.45) is 23.2 Å². The van der Waals surface area contributed by atoms with E-state index in [2.05, 4.69) is 19.2 Å². The molecule has 0 radical (unpaired) electrons. The molecule has 0 saturated heterocycles. The van der Waals surface area contributed by atoms with Gasteiger partial charge in [0.1, 0.15) is 18.5 Å². The summed E-state index contributed by atoms with van der Waals surface area (Å²) in [5.74, 6) is 1.19. The summed E-state index contributed by atoms with van der Waals surface area (Å²) in [6.07, 6.45) is 5.82. The molecule has 0 spiro atoms. The first kappa shape index (κ1) is 29.6. The molecule has 7 unspecified atom stereocenters. The molecule has 1 aromatic carbocycles. The summed E-state index contributed by atoms with van der Waals surface area (Å²) in [5, 5.41) is 24.0. The lowest BCUT2D eigenvalue weighted by Crippen LogP contribution is -2.59. The summed E-state index contributed by atoms with van der Waals surface area (Å²) >= 11 is 0. The van der Waals surface area contributed by atoms with Crippen LogP contribution in [0.1, 0.15) is 81.1 Å². The fourth-order valence-electron chi connectivity index (χ4n) is 7.85. The number of carbonyl (C=O) groups excluding carboxylic acids is 3. The lowest BCUT2D eigenvalue weighted by Gasteiger charge is -2.61. The van der Waals surface area contributed by atoms with E-state index in [4.69, 9.17) is 9.47 Å². The van der Waals surface area contributed by atoms with Crippen LogP contribution in [0.25, 0.3) is 0 Å². The van der Waals surface area contributed by atoms with E-state index in [1.165, 1.54) is 13.5 Å². The highest BCUT2D eigenvalue weighted by Gasteiger charge is 2.56. The number of aldehydes is 1. The molecule has 5 aliphatic rings. The summed E-state index contributed by atoms with van der Waals surface area (Å²) < 4.78 is 11.8. The number of rotatable bonds is 11. The average molecular weight is 569 g/mol. The van der Waals surface area contributed by atoms with Gasteiger partial charge in [0.2, 0.25) is 11.8 Å². The molecular formula is C32H44N2O7. The molecule has 4 aliphatic carbocycles. The van der Waals surface area contributed by atoms with E-state index < -0.39 is 30.1 Å². The topological polar surface area (TPSA) is 125 Å². The molecule has 9 nitrogen and oxygen atoms in total. The van der Waals surface area contributed by atoms with Crippen molar-refractivity contribution < 1.29 is 34.1 Å². The minimum Gasteiger partial charge on any atom is -0.493 e. The van der Waals surface area contributed by atoms with E-state index in [-0.39, 0.29) is 24.5 Å². The van der Waals surface area contributed by atoms with Crippen molar-refractivity contribution in [3.8, 4) is 11.5 Å². The van der Waals surface area contributed by atoms with Gasteiger partial charge in [-0.3, -0.25) is 14.4 Å². The number of nitrogens with zero attached hydrogens (tertiary/aromatic N) is 1. The van der Waals surface area contributed by atoms with E-state index in [0.29, 0.717) is 59.3 Å². The lowest BCUT2D eigenvalue weighted by atomic mass is 9.45. The minimum absolute atomic E-state index is 0.0312. The third kappa shape index (κ3) is 5.16. The van der Waals surface area contributed by atoms with Gasteiger partial charge in [-0.15, -0.1) is 0 Å². The van der Waals surface area contributed by atoms with Gasteiger partial charge in [-0.05, 0) is 67.1 Å². The number of carbonyl (C=O) groups is 3. The maximum atomic E-state index is 13.8. The molecule has 41 heavy (non-hydrogen) atoms. The molecule has 3 saturated carbocycles. The fraction of sp³-hybridized carbons (Fsp3) is 0.656. The molecule has 9 heteroatoms. The Morgan fingerprint density at radius 2 is 2.05 bits per heavy atom. The van der Waals surface area contributed by atoms with Gasteiger partial charge in [0.25, 0.3) is 0 Å². The molecular weight excluding hydrogens is 524 g/mol. The Morgan fingerprint density at radius 3 is 2.68 bits per heavy atom.